The Morgan fingerprint density at radius 3 is 2.61 bits per heavy atom. The Labute approximate surface area is 192 Å². The second-order valence-corrected chi connectivity index (χ2v) is 8.44. The molecule has 2 aromatic heterocycles. The predicted octanol–water partition coefficient (Wildman–Crippen LogP) is 4.00. The molecule has 1 aliphatic heterocycles. The molecule has 5 aromatic rings. The molecule has 1 aliphatic rings. The normalized spacial score (nSPS) is 15.6. The van der Waals surface area contributed by atoms with Crippen molar-refractivity contribution < 1.29 is 14.2 Å². The Morgan fingerprint density at radius 1 is 0.970 bits per heavy atom. The van der Waals surface area contributed by atoms with E-state index in [1.807, 2.05) is 84.9 Å². The fraction of sp³-hybridized carbons (Fsp3) is 0.0800. The van der Waals surface area contributed by atoms with E-state index in [0.29, 0.717) is 32.6 Å². The molecule has 8 heteroatoms. The molecule has 0 fully saturated rings. The lowest BCUT2D eigenvalue weighted by atomic mass is 10.2. The smallest absolute Gasteiger partial charge is 0.291 e. The third kappa shape index (κ3) is 3.81. The lowest BCUT2D eigenvalue weighted by molar-refractivity contribution is 0.0852. The molecule has 162 valence electrons. The average molecular weight is 455 g/mol. The zero-order valence-electron chi connectivity index (χ0n) is 17.3. The second-order valence-electron chi connectivity index (χ2n) is 7.43. The van der Waals surface area contributed by atoms with Gasteiger partial charge in [-0.1, -0.05) is 53.8 Å². The molecule has 7 nitrogen and oxygen atoms in total. The molecule has 0 amide bonds. The lowest BCUT2D eigenvalue weighted by Crippen LogP contribution is -2.26. The molecule has 33 heavy (non-hydrogen) atoms. The van der Waals surface area contributed by atoms with Crippen LogP contribution in [0.25, 0.3) is 11.0 Å². The summed E-state index contributed by atoms with van der Waals surface area (Å²) in [5.74, 6) is 3.20. The van der Waals surface area contributed by atoms with Crippen molar-refractivity contribution in [3.63, 3.8) is 0 Å². The minimum Gasteiger partial charge on any atom is -0.485 e. The van der Waals surface area contributed by atoms with Crippen molar-refractivity contribution >= 4 is 22.4 Å². The average Bonchev–Trinajstić information content (AvgIpc) is 3.39. The van der Waals surface area contributed by atoms with Gasteiger partial charge in [0.15, 0.2) is 23.4 Å². The van der Waals surface area contributed by atoms with Crippen LogP contribution in [0.5, 0.6) is 23.0 Å². The van der Waals surface area contributed by atoms with Gasteiger partial charge in [-0.2, -0.15) is 9.50 Å². The van der Waals surface area contributed by atoms with Crippen LogP contribution in [0.2, 0.25) is 0 Å². The highest BCUT2D eigenvalue weighted by Gasteiger charge is 2.27. The van der Waals surface area contributed by atoms with Crippen molar-refractivity contribution in [3.05, 3.63) is 105 Å². The molecular weight excluding hydrogens is 438 g/mol. The van der Waals surface area contributed by atoms with E-state index >= 15 is 0 Å². The highest BCUT2D eigenvalue weighted by molar-refractivity contribution is 7.15. The van der Waals surface area contributed by atoms with Crippen molar-refractivity contribution in [2.75, 3.05) is 6.61 Å². The third-order valence-electron chi connectivity index (χ3n) is 5.13. The molecule has 3 heterocycles. The van der Waals surface area contributed by atoms with Crippen LogP contribution in [0.1, 0.15) is 17.5 Å². The van der Waals surface area contributed by atoms with Crippen molar-refractivity contribution in [2.24, 2.45) is 0 Å². The van der Waals surface area contributed by atoms with Gasteiger partial charge in [-0.15, -0.1) is 5.10 Å². The van der Waals surface area contributed by atoms with Crippen molar-refractivity contribution in [1.29, 1.82) is 0 Å². The monoisotopic (exact) mass is 455 g/mol. The van der Waals surface area contributed by atoms with E-state index in [9.17, 15) is 4.79 Å². The fourth-order valence-corrected chi connectivity index (χ4v) is 4.49. The standard InChI is InChI=1S/C25H17N3O4S/c29-24-22(14-16-7-6-10-18(13-16)31-17-8-2-1-3-9-17)33-25-26-23(27-28(24)25)21-15-30-19-11-4-5-12-20(19)32-21/h1-14,21H,15H2/b22-14-/t21-/m1/s1. The summed E-state index contributed by atoms with van der Waals surface area (Å²) in [6.45, 7) is 0.288. The number of thiazole rings is 1. The zero-order chi connectivity index (χ0) is 22.2. The van der Waals surface area contributed by atoms with Gasteiger partial charge in [0.25, 0.3) is 5.56 Å². The molecule has 1 atom stereocenters. The van der Waals surface area contributed by atoms with E-state index in [2.05, 4.69) is 10.1 Å². The van der Waals surface area contributed by atoms with Gasteiger partial charge in [0, 0.05) is 0 Å². The first-order valence-electron chi connectivity index (χ1n) is 10.4. The first-order valence-corrected chi connectivity index (χ1v) is 11.2. The zero-order valence-corrected chi connectivity index (χ0v) is 18.1. The van der Waals surface area contributed by atoms with Crippen LogP contribution in [0.3, 0.4) is 0 Å². The Hall–Kier alpha value is -4.17. The summed E-state index contributed by atoms with van der Waals surface area (Å²) in [7, 11) is 0. The molecule has 0 unspecified atom stereocenters. The third-order valence-corrected chi connectivity index (χ3v) is 6.09. The van der Waals surface area contributed by atoms with Crippen molar-refractivity contribution in [3.8, 4) is 23.0 Å². The summed E-state index contributed by atoms with van der Waals surface area (Å²) in [5, 5.41) is 4.40. The molecular formula is C25H17N3O4S. The molecule has 0 aliphatic carbocycles. The largest absolute Gasteiger partial charge is 0.485 e. The minimum atomic E-state index is -0.467. The van der Waals surface area contributed by atoms with Crippen LogP contribution in [0.4, 0.5) is 0 Å². The Bertz CT molecular complexity index is 1560. The van der Waals surface area contributed by atoms with Crippen LogP contribution in [0, 0.1) is 0 Å². The van der Waals surface area contributed by atoms with Gasteiger partial charge in [0.1, 0.15) is 18.1 Å². The highest BCUT2D eigenvalue weighted by atomic mass is 32.1. The maximum atomic E-state index is 12.9. The van der Waals surface area contributed by atoms with Gasteiger partial charge in [-0.3, -0.25) is 4.79 Å². The number of hydrogen-bond acceptors (Lipinski definition) is 7. The number of para-hydroxylation sites is 3. The maximum Gasteiger partial charge on any atom is 0.291 e. The maximum absolute atomic E-state index is 12.9. The second kappa shape index (κ2) is 8.07. The highest BCUT2D eigenvalue weighted by Crippen LogP contribution is 2.35. The summed E-state index contributed by atoms with van der Waals surface area (Å²) in [6, 6.07) is 24.6. The van der Waals surface area contributed by atoms with Crippen LogP contribution < -0.4 is 24.3 Å². The van der Waals surface area contributed by atoms with Crippen LogP contribution in [-0.4, -0.2) is 21.2 Å². The lowest BCUT2D eigenvalue weighted by Gasteiger charge is -2.24. The van der Waals surface area contributed by atoms with Crippen molar-refractivity contribution in [2.45, 2.75) is 6.10 Å². The first kappa shape index (κ1) is 19.5. The van der Waals surface area contributed by atoms with Crippen LogP contribution in [0.15, 0.2) is 83.7 Å². The summed E-state index contributed by atoms with van der Waals surface area (Å²) in [6.07, 6.45) is 1.35. The van der Waals surface area contributed by atoms with Gasteiger partial charge in [0.05, 0.1) is 4.53 Å². The first-order chi connectivity index (χ1) is 16.2. The van der Waals surface area contributed by atoms with E-state index in [1.165, 1.54) is 15.9 Å². The van der Waals surface area contributed by atoms with Gasteiger partial charge in [-0.05, 0) is 48.0 Å². The van der Waals surface area contributed by atoms with E-state index in [1.54, 1.807) is 0 Å². The van der Waals surface area contributed by atoms with E-state index in [0.717, 1.165) is 11.3 Å². The minimum absolute atomic E-state index is 0.222. The van der Waals surface area contributed by atoms with E-state index in [-0.39, 0.29) is 12.2 Å². The topological polar surface area (TPSA) is 75.0 Å². The molecule has 0 bridgehead atoms. The quantitative estimate of drug-likeness (QED) is 0.408. The van der Waals surface area contributed by atoms with Gasteiger partial charge in [-0.25, -0.2) is 0 Å². The number of fused-ring (bicyclic) bond motifs is 2. The number of aromatic nitrogens is 3. The Kier molecular flexibility index (Phi) is 4.77. The van der Waals surface area contributed by atoms with Gasteiger partial charge >= 0.3 is 0 Å². The predicted molar refractivity (Wildman–Crippen MR) is 124 cm³/mol. The summed E-state index contributed by atoms with van der Waals surface area (Å²) in [4.78, 5) is 18.0. The number of nitrogens with zero attached hydrogens (tertiary/aromatic N) is 3. The summed E-state index contributed by atoms with van der Waals surface area (Å²) >= 11 is 1.28. The SMILES string of the molecule is O=c1/c(=C/c2cccc(Oc3ccccc3)c2)sc2nc([C@H]3COc4ccccc4O3)nn12. The van der Waals surface area contributed by atoms with Gasteiger partial charge in [0.2, 0.25) is 4.96 Å². The number of ether oxygens (including phenoxy) is 3. The molecule has 0 spiro atoms. The Balaban J connectivity index is 1.28. The number of rotatable bonds is 4. The molecule has 0 radical (unpaired) electrons. The van der Waals surface area contributed by atoms with Gasteiger partial charge < -0.3 is 14.2 Å². The van der Waals surface area contributed by atoms with E-state index in [4.69, 9.17) is 14.2 Å². The number of benzene rings is 3. The van der Waals surface area contributed by atoms with Crippen LogP contribution in [-0.2, 0) is 0 Å². The van der Waals surface area contributed by atoms with Crippen molar-refractivity contribution in [1.82, 2.24) is 14.6 Å². The molecule has 0 N–H and O–H groups in total. The molecule has 0 saturated heterocycles. The number of hydrogen-bond donors (Lipinski definition) is 0. The molecule has 0 saturated carbocycles. The van der Waals surface area contributed by atoms with E-state index < -0.39 is 6.10 Å². The summed E-state index contributed by atoms with van der Waals surface area (Å²) < 4.78 is 19.5. The fourth-order valence-electron chi connectivity index (χ4n) is 3.58. The summed E-state index contributed by atoms with van der Waals surface area (Å²) in [5.41, 5.74) is 0.631. The molecule has 6 rings (SSSR count). The molecule has 3 aromatic carbocycles. The van der Waals surface area contributed by atoms with Crippen LogP contribution >= 0.6 is 11.3 Å². The Morgan fingerprint density at radius 2 is 1.76 bits per heavy atom.